The summed E-state index contributed by atoms with van der Waals surface area (Å²) >= 11 is 0. The summed E-state index contributed by atoms with van der Waals surface area (Å²) in [4.78, 5) is 2.67. The Labute approximate surface area is 119 Å². The zero-order chi connectivity index (χ0) is 13.5. The predicted octanol–water partition coefficient (Wildman–Crippen LogP) is 2.66. The average Bonchev–Trinajstić information content (AvgIpc) is 2.48. The lowest BCUT2D eigenvalue weighted by Gasteiger charge is -2.43. The molecule has 2 atom stereocenters. The van der Waals surface area contributed by atoms with Crippen LogP contribution in [0.2, 0.25) is 0 Å². The Morgan fingerprint density at radius 2 is 1.95 bits per heavy atom. The molecule has 1 aliphatic carbocycles. The normalized spacial score (nSPS) is 30.6. The summed E-state index contributed by atoms with van der Waals surface area (Å²) in [6.45, 7) is 9.64. The molecule has 0 aromatic rings. The van der Waals surface area contributed by atoms with Gasteiger partial charge >= 0.3 is 0 Å². The van der Waals surface area contributed by atoms with Crippen LogP contribution < -0.4 is 5.32 Å². The van der Waals surface area contributed by atoms with Crippen molar-refractivity contribution in [1.29, 1.82) is 0 Å². The summed E-state index contributed by atoms with van der Waals surface area (Å²) in [6, 6.07) is 1.44. The Bertz CT molecular complexity index is 241. The Hall–Kier alpha value is -0.120. The van der Waals surface area contributed by atoms with Crippen LogP contribution in [0, 0.1) is 5.92 Å². The highest BCUT2D eigenvalue weighted by Gasteiger charge is 2.31. The fraction of sp³-hybridized carbons (Fsp3) is 1.00. The van der Waals surface area contributed by atoms with Crippen molar-refractivity contribution in [2.75, 3.05) is 32.8 Å². The standard InChI is InChI=1S/C16H32N2O/c1-3-15-12-17-16(14-8-6-5-7-9-14)13-18(15)10-11-19-4-2/h14-17H,3-13H2,1-2H3. The molecule has 0 bridgehead atoms. The molecule has 19 heavy (non-hydrogen) atoms. The fourth-order valence-electron chi connectivity index (χ4n) is 3.74. The second-order valence-electron chi connectivity index (χ2n) is 6.17. The zero-order valence-electron chi connectivity index (χ0n) is 12.9. The number of ether oxygens (including phenoxy) is 1. The lowest BCUT2D eigenvalue weighted by Crippen LogP contribution is -2.59. The number of nitrogens with one attached hydrogen (secondary N) is 1. The van der Waals surface area contributed by atoms with E-state index in [4.69, 9.17) is 4.74 Å². The molecule has 1 N–H and O–H groups in total. The first-order valence-electron chi connectivity index (χ1n) is 8.40. The molecular weight excluding hydrogens is 236 g/mol. The van der Waals surface area contributed by atoms with Crippen LogP contribution in [-0.4, -0.2) is 49.8 Å². The topological polar surface area (TPSA) is 24.5 Å². The molecule has 0 radical (unpaired) electrons. The SMILES string of the molecule is CCOCCN1CC(C2CCCCC2)NCC1CC. The molecular formula is C16H32N2O. The second kappa shape index (κ2) is 8.23. The van der Waals surface area contributed by atoms with Gasteiger partial charge in [0.05, 0.1) is 6.61 Å². The Balaban J connectivity index is 1.83. The van der Waals surface area contributed by atoms with Gasteiger partial charge in [0.2, 0.25) is 0 Å². The first-order chi connectivity index (χ1) is 9.35. The molecule has 112 valence electrons. The average molecular weight is 268 g/mol. The maximum Gasteiger partial charge on any atom is 0.0593 e. The third-order valence-corrected chi connectivity index (χ3v) is 4.98. The molecule has 0 aromatic heterocycles. The number of hydrogen-bond donors (Lipinski definition) is 1. The minimum atomic E-state index is 0.709. The van der Waals surface area contributed by atoms with Crippen molar-refractivity contribution in [3.05, 3.63) is 0 Å². The van der Waals surface area contributed by atoms with E-state index in [0.717, 1.165) is 31.7 Å². The van der Waals surface area contributed by atoms with E-state index in [1.807, 2.05) is 0 Å². The smallest absolute Gasteiger partial charge is 0.0593 e. The molecule has 1 aliphatic heterocycles. The van der Waals surface area contributed by atoms with Gasteiger partial charge in [0.25, 0.3) is 0 Å². The lowest BCUT2D eigenvalue weighted by atomic mass is 9.82. The minimum Gasteiger partial charge on any atom is -0.380 e. The van der Waals surface area contributed by atoms with Crippen LogP contribution in [0.15, 0.2) is 0 Å². The molecule has 0 spiro atoms. The monoisotopic (exact) mass is 268 g/mol. The van der Waals surface area contributed by atoms with Gasteiger partial charge in [-0.1, -0.05) is 26.2 Å². The molecule has 1 heterocycles. The van der Waals surface area contributed by atoms with Gasteiger partial charge in [0, 0.05) is 38.3 Å². The van der Waals surface area contributed by atoms with Gasteiger partial charge in [-0.15, -0.1) is 0 Å². The largest absolute Gasteiger partial charge is 0.380 e. The van der Waals surface area contributed by atoms with Gasteiger partial charge in [-0.2, -0.15) is 0 Å². The van der Waals surface area contributed by atoms with Gasteiger partial charge in [-0.25, -0.2) is 0 Å². The lowest BCUT2D eigenvalue weighted by molar-refractivity contribution is 0.0544. The number of hydrogen-bond acceptors (Lipinski definition) is 3. The molecule has 0 amide bonds. The Kier molecular flexibility index (Phi) is 6.62. The van der Waals surface area contributed by atoms with Crippen LogP contribution in [-0.2, 0) is 4.74 Å². The van der Waals surface area contributed by atoms with Gasteiger partial charge in [-0.3, -0.25) is 4.90 Å². The van der Waals surface area contributed by atoms with E-state index in [-0.39, 0.29) is 0 Å². The summed E-state index contributed by atoms with van der Waals surface area (Å²) < 4.78 is 5.55. The maximum absolute atomic E-state index is 5.55. The number of rotatable bonds is 6. The molecule has 2 fully saturated rings. The first-order valence-corrected chi connectivity index (χ1v) is 8.40. The van der Waals surface area contributed by atoms with Crippen LogP contribution in [0.3, 0.4) is 0 Å². The maximum atomic E-state index is 5.55. The molecule has 0 aromatic carbocycles. The second-order valence-corrected chi connectivity index (χ2v) is 6.17. The number of piperazine rings is 1. The molecule has 3 heteroatoms. The highest BCUT2D eigenvalue weighted by molar-refractivity contribution is 4.90. The van der Waals surface area contributed by atoms with Crippen molar-refractivity contribution in [2.45, 2.75) is 64.5 Å². The highest BCUT2D eigenvalue weighted by atomic mass is 16.5. The van der Waals surface area contributed by atoms with Gasteiger partial charge < -0.3 is 10.1 Å². The third kappa shape index (κ3) is 4.44. The van der Waals surface area contributed by atoms with E-state index < -0.39 is 0 Å². The van der Waals surface area contributed by atoms with E-state index >= 15 is 0 Å². The predicted molar refractivity (Wildman–Crippen MR) is 80.5 cm³/mol. The van der Waals surface area contributed by atoms with Crippen LogP contribution in [0.1, 0.15) is 52.4 Å². The molecule has 2 unspecified atom stereocenters. The van der Waals surface area contributed by atoms with Gasteiger partial charge in [0.15, 0.2) is 0 Å². The van der Waals surface area contributed by atoms with Crippen LogP contribution in [0.25, 0.3) is 0 Å². The molecule has 2 rings (SSSR count). The Morgan fingerprint density at radius 1 is 1.16 bits per heavy atom. The molecule has 1 saturated heterocycles. The third-order valence-electron chi connectivity index (χ3n) is 4.98. The van der Waals surface area contributed by atoms with Crippen LogP contribution in [0.5, 0.6) is 0 Å². The summed E-state index contributed by atoms with van der Waals surface area (Å²) in [6.07, 6.45) is 8.46. The first kappa shape index (κ1) is 15.3. The van der Waals surface area contributed by atoms with Crippen molar-refractivity contribution in [3.8, 4) is 0 Å². The Morgan fingerprint density at radius 3 is 2.63 bits per heavy atom. The summed E-state index contributed by atoms with van der Waals surface area (Å²) in [5.41, 5.74) is 0. The highest BCUT2D eigenvalue weighted by Crippen LogP contribution is 2.28. The van der Waals surface area contributed by atoms with E-state index in [1.54, 1.807) is 0 Å². The molecule has 1 saturated carbocycles. The quantitative estimate of drug-likeness (QED) is 0.750. The molecule has 2 aliphatic rings. The van der Waals surface area contributed by atoms with E-state index in [1.165, 1.54) is 51.6 Å². The van der Waals surface area contributed by atoms with Gasteiger partial charge in [-0.05, 0) is 32.1 Å². The summed E-state index contributed by atoms with van der Waals surface area (Å²) in [5.74, 6) is 0.918. The van der Waals surface area contributed by atoms with Crippen LogP contribution in [0.4, 0.5) is 0 Å². The zero-order valence-corrected chi connectivity index (χ0v) is 12.9. The summed E-state index contributed by atoms with van der Waals surface area (Å²) in [7, 11) is 0. The van der Waals surface area contributed by atoms with E-state index in [9.17, 15) is 0 Å². The van der Waals surface area contributed by atoms with Gasteiger partial charge in [0.1, 0.15) is 0 Å². The molecule has 3 nitrogen and oxygen atoms in total. The van der Waals surface area contributed by atoms with Crippen molar-refractivity contribution < 1.29 is 4.74 Å². The van der Waals surface area contributed by atoms with E-state index in [0.29, 0.717) is 6.04 Å². The summed E-state index contributed by atoms with van der Waals surface area (Å²) in [5, 5.41) is 3.83. The van der Waals surface area contributed by atoms with Crippen molar-refractivity contribution in [1.82, 2.24) is 10.2 Å². The number of nitrogens with zero attached hydrogens (tertiary/aromatic N) is 1. The minimum absolute atomic E-state index is 0.709. The van der Waals surface area contributed by atoms with E-state index in [2.05, 4.69) is 24.1 Å². The van der Waals surface area contributed by atoms with Crippen molar-refractivity contribution in [3.63, 3.8) is 0 Å². The van der Waals surface area contributed by atoms with Crippen molar-refractivity contribution in [2.24, 2.45) is 5.92 Å². The van der Waals surface area contributed by atoms with Crippen LogP contribution >= 0.6 is 0 Å². The van der Waals surface area contributed by atoms with Crippen molar-refractivity contribution >= 4 is 0 Å². The fourth-order valence-corrected chi connectivity index (χ4v) is 3.74.